The lowest BCUT2D eigenvalue weighted by Crippen LogP contribution is -2.22. The number of hydrazone groups is 1. The van der Waals surface area contributed by atoms with E-state index in [-0.39, 0.29) is 5.91 Å². The van der Waals surface area contributed by atoms with Gasteiger partial charge in [0.25, 0.3) is 5.91 Å². The average molecular weight is 335 g/mol. The van der Waals surface area contributed by atoms with Crippen LogP contribution in [0, 0.1) is 0 Å². The van der Waals surface area contributed by atoms with Crippen molar-refractivity contribution in [3.05, 3.63) is 76.2 Å². The maximum Gasteiger partial charge on any atom is 0.283 e. The van der Waals surface area contributed by atoms with E-state index in [1.54, 1.807) is 0 Å². The van der Waals surface area contributed by atoms with Gasteiger partial charge in [0, 0.05) is 18.0 Å². The molecule has 120 valence electrons. The van der Waals surface area contributed by atoms with E-state index in [9.17, 15) is 4.79 Å². The summed E-state index contributed by atoms with van der Waals surface area (Å²) in [6, 6.07) is 14.1. The molecule has 24 heavy (non-hydrogen) atoms. The maximum atomic E-state index is 12.6. The minimum atomic E-state index is -0.163. The van der Waals surface area contributed by atoms with E-state index in [1.165, 1.54) is 16.9 Å². The number of benzene rings is 1. The molecule has 0 saturated carbocycles. The molecule has 5 heteroatoms. The Morgan fingerprint density at radius 3 is 2.79 bits per heavy atom. The number of aromatic nitrogens is 1. The molecule has 4 nitrogen and oxygen atoms in total. The molecule has 3 aromatic rings. The Hall–Kier alpha value is -2.66. The standard InChI is InChI=1S/C19H17N3OS/c23-19(18-17(10-13-24-18)22-11-3-4-12-22)21-20-16-9-5-7-14-6-1-2-8-15(14)16/h1-4,6,8,10-13H,5,7,9H2,(H,21,23)/b20-16+. The molecule has 0 spiro atoms. The third-order valence-electron chi connectivity index (χ3n) is 4.21. The lowest BCUT2D eigenvalue weighted by atomic mass is 9.90. The van der Waals surface area contributed by atoms with Crippen molar-refractivity contribution in [1.82, 2.24) is 9.99 Å². The van der Waals surface area contributed by atoms with E-state index in [0.717, 1.165) is 36.2 Å². The summed E-state index contributed by atoms with van der Waals surface area (Å²) in [5.74, 6) is -0.163. The SMILES string of the molecule is O=C(N/N=C1\CCCc2ccccc21)c1sccc1-n1cccc1. The topological polar surface area (TPSA) is 46.4 Å². The Kier molecular flexibility index (Phi) is 4.01. The van der Waals surface area contributed by atoms with Gasteiger partial charge in [-0.1, -0.05) is 24.3 Å². The highest BCUT2D eigenvalue weighted by molar-refractivity contribution is 7.12. The molecular weight excluding hydrogens is 318 g/mol. The number of aryl methyl sites for hydroxylation is 1. The van der Waals surface area contributed by atoms with Gasteiger partial charge in [0.1, 0.15) is 4.88 Å². The number of hydrogen-bond donors (Lipinski definition) is 1. The van der Waals surface area contributed by atoms with Crippen LogP contribution in [0.5, 0.6) is 0 Å². The van der Waals surface area contributed by atoms with Gasteiger partial charge in [-0.15, -0.1) is 11.3 Å². The molecule has 0 bridgehead atoms. The van der Waals surface area contributed by atoms with Crippen molar-refractivity contribution >= 4 is 23.0 Å². The van der Waals surface area contributed by atoms with Gasteiger partial charge in [0.15, 0.2) is 0 Å². The zero-order valence-corrected chi connectivity index (χ0v) is 13.9. The molecule has 1 N–H and O–H groups in total. The number of rotatable bonds is 3. The predicted molar refractivity (Wildman–Crippen MR) is 97.0 cm³/mol. The fourth-order valence-electron chi connectivity index (χ4n) is 3.06. The van der Waals surface area contributed by atoms with Gasteiger partial charge >= 0.3 is 0 Å². The zero-order chi connectivity index (χ0) is 16.4. The molecule has 0 saturated heterocycles. The highest BCUT2D eigenvalue weighted by atomic mass is 32.1. The van der Waals surface area contributed by atoms with Gasteiger partial charge in [-0.2, -0.15) is 5.10 Å². The van der Waals surface area contributed by atoms with Gasteiger partial charge in [0.2, 0.25) is 0 Å². The summed E-state index contributed by atoms with van der Waals surface area (Å²) in [6.45, 7) is 0. The van der Waals surface area contributed by atoms with E-state index in [2.05, 4.69) is 28.7 Å². The molecule has 0 unspecified atom stereocenters. The van der Waals surface area contributed by atoms with Crippen LogP contribution in [0.2, 0.25) is 0 Å². The van der Waals surface area contributed by atoms with Gasteiger partial charge < -0.3 is 4.57 Å². The number of fused-ring (bicyclic) bond motifs is 1. The highest BCUT2D eigenvalue weighted by Gasteiger charge is 2.17. The minimum Gasteiger partial charge on any atom is -0.322 e. The van der Waals surface area contributed by atoms with E-state index < -0.39 is 0 Å². The second-order valence-corrected chi connectivity index (χ2v) is 6.65. The minimum absolute atomic E-state index is 0.163. The molecule has 0 radical (unpaired) electrons. The van der Waals surface area contributed by atoms with E-state index in [1.807, 2.05) is 46.6 Å². The van der Waals surface area contributed by atoms with E-state index in [4.69, 9.17) is 0 Å². The third kappa shape index (κ3) is 2.78. The van der Waals surface area contributed by atoms with Crippen LogP contribution in [-0.4, -0.2) is 16.2 Å². The van der Waals surface area contributed by atoms with Gasteiger partial charge in [-0.3, -0.25) is 4.79 Å². The molecule has 0 atom stereocenters. The second kappa shape index (κ2) is 6.45. The summed E-state index contributed by atoms with van der Waals surface area (Å²) >= 11 is 1.43. The third-order valence-corrected chi connectivity index (χ3v) is 5.12. The summed E-state index contributed by atoms with van der Waals surface area (Å²) in [5, 5.41) is 6.34. The van der Waals surface area contributed by atoms with Crippen molar-refractivity contribution in [2.45, 2.75) is 19.3 Å². The van der Waals surface area contributed by atoms with Crippen LogP contribution in [0.1, 0.15) is 33.6 Å². The first-order valence-electron chi connectivity index (χ1n) is 7.99. The quantitative estimate of drug-likeness (QED) is 0.722. The van der Waals surface area contributed by atoms with Gasteiger partial charge in [-0.25, -0.2) is 5.43 Å². The van der Waals surface area contributed by atoms with Crippen LogP contribution in [0.15, 0.2) is 65.3 Å². The van der Waals surface area contributed by atoms with Crippen LogP contribution < -0.4 is 5.43 Å². The normalized spacial score (nSPS) is 15.2. The van der Waals surface area contributed by atoms with Crippen molar-refractivity contribution in [3.63, 3.8) is 0 Å². The number of hydrogen-bond acceptors (Lipinski definition) is 3. The Morgan fingerprint density at radius 1 is 1.08 bits per heavy atom. The zero-order valence-electron chi connectivity index (χ0n) is 13.1. The first-order valence-corrected chi connectivity index (χ1v) is 8.87. The summed E-state index contributed by atoms with van der Waals surface area (Å²) in [6.07, 6.45) is 6.90. The average Bonchev–Trinajstić information content (AvgIpc) is 3.30. The fraction of sp³-hybridized carbons (Fsp3) is 0.158. The molecular formula is C19H17N3OS. The molecule has 0 aliphatic heterocycles. The second-order valence-electron chi connectivity index (χ2n) is 5.74. The van der Waals surface area contributed by atoms with Gasteiger partial charge in [0.05, 0.1) is 11.4 Å². The summed E-state index contributed by atoms with van der Waals surface area (Å²) in [4.78, 5) is 13.2. The molecule has 0 fully saturated rings. The van der Waals surface area contributed by atoms with E-state index >= 15 is 0 Å². The molecule has 2 aromatic heterocycles. The van der Waals surface area contributed by atoms with Crippen LogP contribution in [0.3, 0.4) is 0 Å². The Balaban J connectivity index is 1.57. The van der Waals surface area contributed by atoms with Crippen molar-refractivity contribution < 1.29 is 4.79 Å². The monoisotopic (exact) mass is 335 g/mol. The first-order chi connectivity index (χ1) is 11.8. The summed E-state index contributed by atoms with van der Waals surface area (Å²) < 4.78 is 1.94. The fourth-order valence-corrected chi connectivity index (χ4v) is 3.84. The van der Waals surface area contributed by atoms with Crippen molar-refractivity contribution in [2.75, 3.05) is 0 Å². The van der Waals surface area contributed by atoms with Crippen LogP contribution >= 0.6 is 11.3 Å². The Bertz CT molecular complexity index is 893. The van der Waals surface area contributed by atoms with Crippen LogP contribution in [0.4, 0.5) is 0 Å². The number of nitrogens with zero attached hydrogens (tertiary/aromatic N) is 2. The van der Waals surface area contributed by atoms with Crippen molar-refractivity contribution in [1.29, 1.82) is 0 Å². The predicted octanol–water partition coefficient (Wildman–Crippen LogP) is 4.01. The lowest BCUT2D eigenvalue weighted by Gasteiger charge is -2.17. The number of amides is 1. The lowest BCUT2D eigenvalue weighted by molar-refractivity contribution is 0.0959. The molecule has 1 aliphatic rings. The number of thiophene rings is 1. The van der Waals surface area contributed by atoms with Crippen molar-refractivity contribution in [2.24, 2.45) is 5.10 Å². The Labute approximate surface area is 144 Å². The summed E-state index contributed by atoms with van der Waals surface area (Å²) in [7, 11) is 0. The molecule has 1 aromatic carbocycles. The number of carbonyl (C=O) groups is 1. The highest BCUT2D eigenvalue weighted by Crippen LogP contribution is 2.23. The van der Waals surface area contributed by atoms with Crippen LogP contribution in [0.25, 0.3) is 5.69 Å². The maximum absolute atomic E-state index is 12.6. The van der Waals surface area contributed by atoms with Gasteiger partial charge in [-0.05, 0) is 48.4 Å². The Morgan fingerprint density at radius 2 is 1.92 bits per heavy atom. The summed E-state index contributed by atoms with van der Waals surface area (Å²) in [5.41, 5.74) is 7.05. The smallest absolute Gasteiger partial charge is 0.283 e. The van der Waals surface area contributed by atoms with E-state index in [0.29, 0.717) is 4.88 Å². The molecule has 2 heterocycles. The molecule has 1 amide bonds. The number of nitrogens with one attached hydrogen (secondary N) is 1. The molecule has 1 aliphatic carbocycles. The largest absolute Gasteiger partial charge is 0.322 e. The van der Waals surface area contributed by atoms with Crippen LogP contribution in [-0.2, 0) is 6.42 Å². The van der Waals surface area contributed by atoms with Crippen molar-refractivity contribution in [3.8, 4) is 5.69 Å². The molecule has 4 rings (SSSR count). The first kappa shape index (κ1) is 14.9. The number of carbonyl (C=O) groups excluding carboxylic acids is 1.